The average molecular weight is 271 g/mol. The molecule has 0 bridgehead atoms. The van der Waals surface area contributed by atoms with Crippen LogP contribution in [0.2, 0.25) is 0 Å². The van der Waals surface area contributed by atoms with Gasteiger partial charge in [-0.2, -0.15) is 11.8 Å². The van der Waals surface area contributed by atoms with E-state index in [1.807, 2.05) is 0 Å². The molecule has 2 nitrogen and oxygen atoms in total. The van der Waals surface area contributed by atoms with Gasteiger partial charge in [0.25, 0.3) is 0 Å². The molecule has 1 heterocycles. The molecule has 1 aliphatic carbocycles. The van der Waals surface area contributed by atoms with Crippen molar-refractivity contribution < 1.29 is 4.74 Å². The molecule has 3 heteroatoms. The summed E-state index contributed by atoms with van der Waals surface area (Å²) in [6.45, 7) is 6.84. The highest BCUT2D eigenvalue weighted by atomic mass is 32.2. The summed E-state index contributed by atoms with van der Waals surface area (Å²) in [4.78, 5) is 0. The van der Waals surface area contributed by atoms with Crippen LogP contribution < -0.4 is 5.32 Å². The van der Waals surface area contributed by atoms with Crippen molar-refractivity contribution in [1.29, 1.82) is 0 Å². The molecule has 2 rings (SSSR count). The molecular weight excluding hydrogens is 242 g/mol. The van der Waals surface area contributed by atoms with Crippen LogP contribution in [-0.2, 0) is 4.74 Å². The van der Waals surface area contributed by atoms with Crippen molar-refractivity contribution in [2.75, 3.05) is 18.9 Å². The largest absolute Gasteiger partial charge is 0.377 e. The van der Waals surface area contributed by atoms with Gasteiger partial charge in [0.1, 0.15) is 0 Å². The predicted octanol–water partition coefficient (Wildman–Crippen LogP) is 3.46. The van der Waals surface area contributed by atoms with E-state index in [0.29, 0.717) is 6.10 Å². The lowest BCUT2D eigenvalue weighted by Gasteiger charge is -2.35. The molecule has 18 heavy (non-hydrogen) atoms. The minimum absolute atomic E-state index is 0.541. The molecule has 4 unspecified atom stereocenters. The Morgan fingerprint density at radius 3 is 2.89 bits per heavy atom. The monoisotopic (exact) mass is 271 g/mol. The van der Waals surface area contributed by atoms with Gasteiger partial charge < -0.3 is 10.1 Å². The summed E-state index contributed by atoms with van der Waals surface area (Å²) in [6, 6.07) is 0.743. The Labute approximate surface area is 117 Å². The molecule has 0 radical (unpaired) electrons. The van der Waals surface area contributed by atoms with Crippen LogP contribution in [0.25, 0.3) is 0 Å². The standard InChI is InChI=1S/C15H29NOS/c1-3-8-16-14-7-6-12(2)10-15(14)18-11-13-5-4-9-17-13/h12-16H,3-11H2,1-2H3. The molecule has 1 N–H and O–H groups in total. The zero-order valence-electron chi connectivity index (χ0n) is 12.0. The Bertz CT molecular complexity index is 229. The molecule has 0 aromatic rings. The second-order valence-corrected chi connectivity index (χ2v) is 7.26. The van der Waals surface area contributed by atoms with E-state index in [1.54, 1.807) is 0 Å². The van der Waals surface area contributed by atoms with Crippen molar-refractivity contribution in [1.82, 2.24) is 5.32 Å². The van der Waals surface area contributed by atoms with Crippen molar-refractivity contribution in [3.8, 4) is 0 Å². The van der Waals surface area contributed by atoms with Gasteiger partial charge in [0.2, 0.25) is 0 Å². The summed E-state index contributed by atoms with van der Waals surface area (Å²) >= 11 is 2.17. The fourth-order valence-electron chi connectivity index (χ4n) is 3.08. The smallest absolute Gasteiger partial charge is 0.0666 e. The molecule has 4 atom stereocenters. The lowest BCUT2D eigenvalue weighted by molar-refractivity contribution is 0.128. The van der Waals surface area contributed by atoms with E-state index in [2.05, 4.69) is 30.9 Å². The number of ether oxygens (including phenoxy) is 1. The first kappa shape index (κ1) is 14.7. The Balaban J connectivity index is 1.76. The van der Waals surface area contributed by atoms with Crippen LogP contribution in [0.5, 0.6) is 0 Å². The third-order valence-corrected chi connectivity index (χ3v) is 5.74. The van der Waals surface area contributed by atoms with Crippen LogP contribution in [-0.4, -0.2) is 36.3 Å². The first-order chi connectivity index (χ1) is 8.79. The number of rotatable bonds is 6. The normalized spacial score (nSPS) is 37.0. The Morgan fingerprint density at radius 1 is 1.28 bits per heavy atom. The molecule has 1 aliphatic heterocycles. The molecule has 1 saturated carbocycles. The highest BCUT2D eigenvalue weighted by Crippen LogP contribution is 2.33. The molecule has 106 valence electrons. The van der Waals surface area contributed by atoms with Crippen molar-refractivity contribution in [2.45, 2.75) is 69.8 Å². The van der Waals surface area contributed by atoms with Gasteiger partial charge in [-0.1, -0.05) is 13.8 Å². The zero-order valence-corrected chi connectivity index (χ0v) is 12.8. The topological polar surface area (TPSA) is 21.3 Å². The van der Waals surface area contributed by atoms with E-state index in [4.69, 9.17) is 4.74 Å². The van der Waals surface area contributed by atoms with Crippen LogP contribution in [0, 0.1) is 5.92 Å². The fourth-order valence-corrected chi connectivity index (χ4v) is 4.74. The van der Waals surface area contributed by atoms with Crippen molar-refractivity contribution in [3.63, 3.8) is 0 Å². The van der Waals surface area contributed by atoms with Crippen LogP contribution in [0.1, 0.15) is 52.4 Å². The molecular formula is C15H29NOS. The van der Waals surface area contributed by atoms with Crippen molar-refractivity contribution in [2.24, 2.45) is 5.92 Å². The molecule has 1 saturated heterocycles. The lowest BCUT2D eigenvalue weighted by atomic mass is 9.87. The van der Waals surface area contributed by atoms with Crippen molar-refractivity contribution >= 4 is 11.8 Å². The maximum Gasteiger partial charge on any atom is 0.0666 e. The molecule has 2 fully saturated rings. The number of nitrogens with one attached hydrogen (secondary N) is 1. The number of thioether (sulfide) groups is 1. The first-order valence-corrected chi connectivity index (χ1v) is 8.81. The van der Waals surface area contributed by atoms with Gasteiger partial charge in [0, 0.05) is 23.7 Å². The predicted molar refractivity (Wildman–Crippen MR) is 80.3 cm³/mol. The summed E-state index contributed by atoms with van der Waals surface area (Å²) in [5.41, 5.74) is 0. The SMILES string of the molecule is CCCNC1CCC(C)CC1SCC1CCCO1. The third-order valence-electron chi connectivity index (χ3n) is 4.23. The van der Waals surface area contributed by atoms with E-state index in [9.17, 15) is 0 Å². The minimum atomic E-state index is 0.541. The fraction of sp³-hybridized carbons (Fsp3) is 1.00. The van der Waals surface area contributed by atoms with E-state index in [0.717, 1.165) is 23.8 Å². The molecule has 0 spiro atoms. The average Bonchev–Trinajstić information content (AvgIpc) is 2.88. The second-order valence-electron chi connectivity index (χ2n) is 5.99. The van der Waals surface area contributed by atoms with E-state index >= 15 is 0 Å². The van der Waals surface area contributed by atoms with Gasteiger partial charge in [0.15, 0.2) is 0 Å². The molecule has 0 aromatic carbocycles. The van der Waals surface area contributed by atoms with Gasteiger partial charge in [-0.3, -0.25) is 0 Å². The van der Waals surface area contributed by atoms with Crippen LogP contribution in [0.3, 0.4) is 0 Å². The maximum atomic E-state index is 5.75. The van der Waals surface area contributed by atoms with Gasteiger partial charge in [-0.25, -0.2) is 0 Å². The van der Waals surface area contributed by atoms with Crippen molar-refractivity contribution in [3.05, 3.63) is 0 Å². The summed E-state index contributed by atoms with van der Waals surface area (Å²) < 4.78 is 5.75. The van der Waals surface area contributed by atoms with Gasteiger partial charge in [-0.15, -0.1) is 0 Å². The Kier molecular flexibility index (Phi) is 6.33. The molecule has 0 aromatic heterocycles. The summed E-state index contributed by atoms with van der Waals surface area (Å²) in [5.74, 6) is 2.12. The minimum Gasteiger partial charge on any atom is -0.377 e. The summed E-state index contributed by atoms with van der Waals surface area (Å²) in [5, 5.41) is 4.57. The lowest BCUT2D eigenvalue weighted by Crippen LogP contribution is -2.43. The first-order valence-electron chi connectivity index (χ1n) is 7.76. The number of hydrogen-bond donors (Lipinski definition) is 1. The highest BCUT2D eigenvalue weighted by Gasteiger charge is 2.29. The summed E-state index contributed by atoms with van der Waals surface area (Å²) in [6.07, 6.45) is 8.49. The van der Waals surface area contributed by atoms with Crippen LogP contribution >= 0.6 is 11.8 Å². The maximum absolute atomic E-state index is 5.75. The van der Waals surface area contributed by atoms with Gasteiger partial charge in [0.05, 0.1) is 6.10 Å². The number of hydrogen-bond acceptors (Lipinski definition) is 3. The Morgan fingerprint density at radius 2 is 2.17 bits per heavy atom. The van der Waals surface area contributed by atoms with E-state index < -0.39 is 0 Å². The highest BCUT2D eigenvalue weighted by molar-refractivity contribution is 8.00. The summed E-state index contributed by atoms with van der Waals surface area (Å²) in [7, 11) is 0. The molecule has 2 aliphatic rings. The Hall–Kier alpha value is 0.270. The van der Waals surface area contributed by atoms with Crippen LogP contribution in [0.4, 0.5) is 0 Å². The zero-order chi connectivity index (χ0) is 12.8. The van der Waals surface area contributed by atoms with Crippen LogP contribution in [0.15, 0.2) is 0 Å². The second kappa shape index (κ2) is 7.76. The van der Waals surface area contributed by atoms with Gasteiger partial charge >= 0.3 is 0 Å². The van der Waals surface area contributed by atoms with E-state index in [-0.39, 0.29) is 0 Å². The third kappa shape index (κ3) is 4.43. The van der Waals surface area contributed by atoms with E-state index in [1.165, 1.54) is 50.8 Å². The quantitative estimate of drug-likeness (QED) is 0.799. The van der Waals surface area contributed by atoms with Gasteiger partial charge in [-0.05, 0) is 51.0 Å². The molecule has 0 amide bonds.